The highest BCUT2D eigenvalue weighted by atomic mass is 16.2. The summed E-state index contributed by atoms with van der Waals surface area (Å²) in [4.78, 5) is 34.1. The van der Waals surface area contributed by atoms with Gasteiger partial charge in [-0.2, -0.15) is 0 Å². The molecule has 2 aromatic carbocycles. The number of benzene rings is 2. The van der Waals surface area contributed by atoms with E-state index < -0.39 is 0 Å². The molecule has 5 rings (SSSR count). The van der Waals surface area contributed by atoms with Crippen molar-refractivity contribution >= 4 is 28.4 Å². The van der Waals surface area contributed by atoms with E-state index in [2.05, 4.69) is 39.5 Å². The van der Waals surface area contributed by atoms with Gasteiger partial charge in [0, 0.05) is 56.4 Å². The standard InChI is InChI=1S/C24H24N4O2/c29-22-15-20(19-8-1-2-9-21(19)26-22)24(30)28-13-11-27(12-14-28)16-18-6-3-5-17-7-4-10-25-23(17)18/h1-10,20H,11-16H2,(H,26,29)/t20-/m1/s1. The number of rotatable bonds is 3. The van der Waals surface area contributed by atoms with Crippen LogP contribution in [0.1, 0.15) is 23.5 Å². The number of para-hydroxylation sites is 2. The molecule has 0 spiro atoms. The minimum atomic E-state index is -0.385. The lowest BCUT2D eigenvalue weighted by Gasteiger charge is -2.37. The Labute approximate surface area is 175 Å². The van der Waals surface area contributed by atoms with Gasteiger partial charge >= 0.3 is 0 Å². The first-order chi connectivity index (χ1) is 14.7. The van der Waals surface area contributed by atoms with Gasteiger partial charge in [0.05, 0.1) is 11.4 Å². The van der Waals surface area contributed by atoms with Crippen LogP contribution in [0, 0.1) is 0 Å². The summed E-state index contributed by atoms with van der Waals surface area (Å²) in [6.45, 7) is 3.81. The molecule has 1 atom stereocenters. The van der Waals surface area contributed by atoms with Crippen LogP contribution in [-0.4, -0.2) is 52.8 Å². The second-order valence-electron chi connectivity index (χ2n) is 7.99. The Kier molecular flexibility index (Phi) is 4.93. The molecule has 2 amide bonds. The Morgan fingerprint density at radius 1 is 1.00 bits per heavy atom. The number of carbonyl (C=O) groups is 2. The third-order valence-corrected chi connectivity index (χ3v) is 6.09. The Hall–Kier alpha value is -3.25. The minimum absolute atomic E-state index is 0.0591. The first-order valence-electron chi connectivity index (χ1n) is 10.4. The third-order valence-electron chi connectivity index (χ3n) is 6.09. The van der Waals surface area contributed by atoms with E-state index in [1.165, 1.54) is 5.56 Å². The normalized spacial score (nSPS) is 19.4. The highest BCUT2D eigenvalue weighted by molar-refractivity contribution is 6.01. The summed E-state index contributed by atoms with van der Waals surface area (Å²) >= 11 is 0. The molecule has 0 radical (unpaired) electrons. The average molecular weight is 400 g/mol. The summed E-state index contributed by atoms with van der Waals surface area (Å²) in [6.07, 6.45) is 2.05. The molecule has 3 aromatic rings. The van der Waals surface area contributed by atoms with Crippen molar-refractivity contribution in [1.82, 2.24) is 14.8 Å². The molecule has 0 aliphatic carbocycles. The summed E-state index contributed by atoms with van der Waals surface area (Å²) < 4.78 is 0. The monoisotopic (exact) mass is 400 g/mol. The number of nitrogens with one attached hydrogen (secondary N) is 1. The number of pyridine rings is 1. The summed E-state index contributed by atoms with van der Waals surface area (Å²) in [6, 6.07) is 17.9. The molecule has 6 heteroatoms. The zero-order chi connectivity index (χ0) is 20.5. The maximum Gasteiger partial charge on any atom is 0.230 e. The van der Waals surface area contributed by atoms with Gasteiger partial charge in [0.15, 0.2) is 0 Å². The molecule has 1 fully saturated rings. The Morgan fingerprint density at radius 3 is 2.67 bits per heavy atom. The molecule has 2 aliphatic rings. The predicted octanol–water partition coefficient (Wildman–Crippen LogP) is 3.01. The van der Waals surface area contributed by atoms with Crippen LogP contribution >= 0.6 is 0 Å². The molecular formula is C24H24N4O2. The van der Waals surface area contributed by atoms with E-state index in [1.54, 1.807) is 0 Å². The summed E-state index contributed by atoms with van der Waals surface area (Å²) in [5, 5.41) is 4.02. The molecule has 1 aromatic heterocycles. The molecule has 0 saturated carbocycles. The molecule has 0 bridgehead atoms. The number of fused-ring (bicyclic) bond motifs is 2. The fourth-order valence-corrected chi connectivity index (χ4v) is 4.51. The number of piperazine rings is 1. The maximum absolute atomic E-state index is 13.2. The number of nitrogens with zero attached hydrogens (tertiary/aromatic N) is 3. The van der Waals surface area contributed by atoms with Gasteiger partial charge in [0.1, 0.15) is 0 Å². The minimum Gasteiger partial charge on any atom is -0.340 e. The topological polar surface area (TPSA) is 65.5 Å². The SMILES string of the molecule is O=C1C[C@@H](C(=O)N2CCN(Cc3cccc4cccnc34)CC2)c2ccccc2N1. The van der Waals surface area contributed by atoms with Crippen molar-refractivity contribution in [3.05, 3.63) is 71.9 Å². The van der Waals surface area contributed by atoms with Crippen LogP contribution in [0.25, 0.3) is 10.9 Å². The number of hydrogen-bond acceptors (Lipinski definition) is 4. The van der Waals surface area contributed by atoms with Gasteiger partial charge in [-0.15, -0.1) is 0 Å². The van der Waals surface area contributed by atoms with E-state index in [9.17, 15) is 9.59 Å². The average Bonchev–Trinajstić information content (AvgIpc) is 2.79. The van der Waals surface area contributed by atoms with E-state index in [0.29, 0.717) is 13.1 Å². The van der Waals surface area contributed by atoms with Crippen molar-refractivity contribution in [3.8, 4) is 0 Å². The second-order valence-corrected chi connectivity index (χ2v) is 7.99. The summed E-state index contributed by atoms with van der Waals surface area (Å²) in [5.41, 5.74) is 3.94. The quantitative estimate of drug-likeness (QED) is 0.734. The van der Waals surface area contributed by atoms with Crippen molar-refractivity contribution < 1.29 is 9.59 Å². The highest BCUT2D eigenvalue weighted by Gasteiger charge is 2.34. The van der Waals surface area contributed by atoms with E-state index >= 15 is 0 Å². The van der Waals surface area contributed by atoms with Crippen molar-refractivity contribution in [2.45, 2.75) is 18.9 Å². The zero-order valence-corrected chi connectivity index (χ0v) is 16.8. The third kappa shape index (κ3) is 3.55. The molecule has 30 heavy (non-hydrogen) atoms. The molecule has 1 saturated heterocycles. The zero-order valence-electron chi connectivity index (χ0n) is 16.8. The van der Waals surface area contributed by atoms with Gasteiger partial charge in [-0.05, 0) is 23.3 Å². The molecule has 3 heterocycles. The number of anilines is 1. The van der Waals surface area contributed by atoms with Crippen LogP contribution in [0.4, 0.5) is 5.69 Å². The first kappa shape index (κ1) is 18.8. The van der Waals surface area contributed by atoms with Crippen molar-refractivity contribution in [2.75, 3.05) is 31.5 Å². The lowest BCUT2D eigenvalue weighted by atomic mass is 9.89. The molecule has 152 valence electrons. The molecular weight excluding hydrogens is 376 g/mol. The van der Waals surface area contributed by atoms with Crippen LogP contribution in [-0.2, 0) is 16.1 Å². The van der Waals surface area contributed by atoms with E-state index in [4.69, 9.17) is 0 Å². The predicted molar refractivity (Wildman–Crippen MR) is 116 cm³/mol. The fourth-order valence-electron chi connectivity index (χ4n) is 4.51. The Balaban J connectivity index is 1.26. The van der Waals surface area contributed by atoms with Gasteiger partial charge in [-0.1, -0.05) is 42.5 Å². The van der Waals surface area contributed by atoms with Gasteiger partial charge < -0.3 is 10.2 Å². The number of amides is 2. The Morgan fingerprint density at radius 2 is 1.80 bits per heavy atom. The van der Waals surface area contributed by atoms with Crippen molar-refractivity contribution in [1.29, 1.82) is 0 Å². The first-order valence-corrected chi connectivity index (χ1v) is 10.4. The van der Waals surface area contributed by atoms with Gasteiger partial charge in [0.2, 0.25) is 11.8 Å². The number of hydrogen-bond donors (Lipinski definition) is 1. The van der Waals surface area contributed by atoms with Crippen LogP contribution in [0.5, 0.6) is 0 Å². The summed E-state index contributed by atoms with van der Waals surface area (Å²) in [5.74, 6) is -0.415. The van der Waals surface area contributed by atoms with Gasteiger partial charge in [0.25, 0.3) is 0 Å². The fraction of sp³-hybridized carbons (Fsp3) is 0.292. The largest absolute Gasteiger partial charge is 0.340 e. The lowest BCUT2D eigenvalue weighted by molar-refractivity contribution is -0.136. The molecule has 1 N–H and O–H groups in total. The van der Waals surface area contributed by atoms with Crippen LogP contribution < -0.4 is 5.32 Å². The van der Waals surface area contributed by atoms with Crippen LogP contribution in [0.15, 0.2) is 60.8 Å². The molecule has 0 unspecified atom stereocenters. The van der Waals surface area contributed by atoms with E-state index in [-0.39, 0.29) is 24.2 Å². The van der Waals surface area contributed by atoms with Crippen LogP contribution in [0.2, 0.25) is 0 Å². The van der Waals surface area contributed by atoms with Crippen molar-refractivity contribution in [2.24, 2.45) is 0 Å². The van der Waals surface area contributed by atoms with Gasteiger partial charge in [-0.3, -0.25) is 19.5 Å². The highest BCUT2D eigenvalue weighted by Crippen LogP contribution is 2.33. The molecule has 2 aliphatic heterocycles. The summed E-state index contributed by atoms with van der Waals surface area (Å²) in [7, 11) is 0. The lowest BCUT2D eigenvalue weighted by Crippen LogP contribution is -2.50. The van der Waals surface area contributed by atoms with Crippen molar-refractivity contribution in [3.63, 3.8) is 0 Å². The smallest absolute Gasteiger partial charge is 0.230 e. The van der Waals surface area contributed by atoms with E-state index in [0.717, 1.165) is 41.8 Å². The maximum atomic E-state index is 13.2. The number of carbonyl (C=O) groups excluding carboxylic acids is 2. The second kappa shape index (κ2) is 7.88. The van der Waals surface area contributed by atoms with Gasteiger partial charge in [-0.25, -0.2) is 0 Å². The van der Waals surface area contributed by atoms with Crippen LogP contribution in [0.3, 0.4) is 0 Å². The van der Waals surface area contributed by atoms with E-state index in [1.807, 2.05) is 41.4 Å². The Bertz CT molecular complexity index is 1100. The number of aromatic nitrogens is 1. The molecule has 6 nitrogen and oxygen atoms in total.